The second-order valence-corrected chi connectivity index (χ2v) is 10.8. The van der Waals surface area contributed by atoms with Crippen molar-refractivity contribution in [1.29, 1.82) is 0 Å². The van der Waals surface area contributed by atoms with Gasteiger partial charge in [-0.05, 0) is 52.6 Å². The summed E-state index contributed by atoms with van der Waals surface area (Å²) in [5.74, 6) is 0.311. The molecule has 2 aliphatic rings. The summed E-state index contributed by atoms with van der Waals surface area (Å²) in [7, 11) is 1.40. The number of methoxy groups -OCH3 is 1. The Labute approximate surface area is 209 Å². The molecule has 0 saturated carbocycles. The van der Waals surface area contributed by atoms with Crippen LogP contribution in [0.3, 0.4) is 0 Å². The molecule has 3 aromatic rings. The Morgan fingerprint density at radius 2 is 2.03 bits per heavy atom. The van der Waals surface area contributed by atoms with Crippen LogP contribution in [0.2, 0.25) is 0 Å². The standard InChI is InChI=1S/C25H34FN7O3/c1-14-5-6-15(12-32(14)23(34)16-7-8-31(11-16)13-25(2,3)35)21-29-22-17-9-18(26)20(36-4)10-19(17)28-24(27)33(22)30-21/h9-10,14-16,35H,5-8,11-13H2,1-4H3,(H2,27,28)/t14-,15+,16+/m0/s1. The number of carbonyl (C=O) groups is 1. The highest BCUT2D eigenvalue weighted by Crippen LogP contribution is 2.33. The van der Waals surface area contributed by atoms with Crippen LogP contribution in [-0.4, -0.2) is 85.3 Å². The van der Waals surface area contributed by atoms with Crippen molar-refractivity contribution in [3.63, 3.8) is 0 Å². The van der Waals surface area contributed by atoms with Crippen molar-refractivity contribution in [3.8, 4) is 5.75 Å². The van der Waals surface area contributed by atoms with E-state index in [1.165, 1.54) is 23.8 Å². The molecule has 194 valence electrons. The number of hydrogen-bond donors (Lipinski definition) is 2. The zero-order chi connectivity index (χ0) is 25.8. The van der Waals surface area contributed by atoms with Crippen molar-refractivity contribution >= 4 is 28.4 Å². The summed E-state index contributed by atoms with van der Waals surface area (Å²) in [5.41, 5.74) is 6.28. The number of nitrogens with two attached hydrogens (primary N) is 1. The third-order valence-corrected chi connectivity index (χ3v) is 7.35. The zero-order valence-electron chi connectivity index (χ0n) is 21.2. The number of β-amino-alcohol motifs (C(OH)–C–C–N with tert-alkyl or cyclic N) is 1. The number of nitrogens with zero attached hydrogens (tertiary/aromatic N) is 6. The van der Waals surface area contributed by atoms with E-state index in [0.717, 1.165) is 25.8 Å². The molecular weight excluding hydrogens is 465 g/mol. The van der Waals surface area contributed by atoms with Crippen LogP contribution >= 0.6 is 0 Å². The fourth-order valence-electron chi connectivity index (χ4n) is 5.56. The third kappa shape index (κ3) is 4.57. The summed E-state index contributed by atoms with van der Waals surface area (Å²) in [6, 6.07) is 2.97. The van der Waals surface area contributed by atoms with E-state index in [4.69, 9.17) is 15.5 Å². The van der Waals surface area contributed by atoms with Gasteiger partial charge in [-0.2, -0.15) is 4.52 Å². The molecule has 0 spiro atoms. The normalized spacial score (nSPS) is 23.6. The molecule has 2 aromatic heterocycles. The van der Waals surface area contributed by atoms with E-state index >= 15 is 0 Å². The molecule has 36 heavy (non-hydrogen) atoms. The quantitative estimate of drug-likeness (QED) is 0.548. The number of benzene rings is 1. The fourth-order valence-corrected chi connectivity index (χ4v) is 5.56. The number of fused-ring (bicyclic) bond motifs is 3. The number of amides is 1. The number of hydrogen-bond acceptors (Lipinski definition) is 8. The summed E-state index contributed by atoms with van der Waals surface area (Å²) in [4.78, 5) is 26.7. The van der Waals surface area contributed by atoms with Crippen LogP contribution in [0, 0.1) is 11.7 Å². The summed E-state index contributed by atoms with van der Waals surface area (Å²) in [6.45, 7) is 8.20. The largest absolute Gasteiger partial charge is 0.494 e. The minimum atomic E-state index is -0.787. The SMILES string of the molecule is COc1cc2nc(N)n3nc([C@@H]4CC[C@H](C)N(C(=O)[C@@H]5CCN(CC(C)(C)O)C5)C4)nc3c2cc1F. The van der Waals surface area contributed by atoms with E-state index in [1.807, 2.05) is 4.90 Å². The van der Waals surface area contributed by atoms with Crippen LogP contribution in [0.25, 0.3) is 16.6 Å². The van der Waals surface area contributed by atoms with Gasteiger partial charge in [0.25, 0.3) is 0 Å². The lowest BCUT2D eigenvalue weighted by Gasteiger charge is -2.38. The predicted octanol–water partition coefficient (Wildman–Crippen LogP) is 2.19. The molecular formula is C25H34FN7O3. The van der Waals surface area contributed by atoms with Gasteiger partial charge in [0.2, 0.25) is 11.9 Å². The van der Waals surface area contributed by atoms with E-state index in [0.29, 0.717) is 42.0 Å². The lowest BCUT2D eigenvalue weighted by molar-refractivity contribution is -0.139. The first kappa shape index (κ1) is 24.6. The second kappa shape index (κ2) is 9.11. The molecule has 10 nitrogen and oxygen atoms in total. The Kier molecular flexibility index (Phi) is 6.24. The molecule has 0 bridgehead atoms. The summed E-state index contributed by atoms with van der Waals surface area (Å²) >= 11 is 0. The molecule has 3 N–H and O–H groups in total. The molecule has 0 radical (unpaired) electrons. The lowest BCUT2D eigenvalue weighted by Crippen LogP contribution is -2.48. The van der Waals surface area contributed by atoms with Gasteiger partial charge in [-0.25, -0.2) is 14.4 Å². The number of halogens is 1. The number of aliphatic hydroxyl groups is 1. The first-order valence-corrected chi connectivity index (χ1v) is 12.5. The maximum atomic E-state index is 14.5. The Balaban J connectivity index is 1.39. The molecule has 5 rings (SSSR count). The molecule has 11 heteroatoms. The number of likely N-dealkylation sites (tertiary alicyclic amines) is 2. The molecule has 1 aromatic carbocycles. The molecule has 2 saturated heterocycles. The minimum Gasteiger partial charge on any atom is -0.494 e. The van der Waals surface area contributed by atoms with E-state index in [-0.39, 0.29) is 35.5 Å². The third-order valence-electron chi connectivity index (χ3n) is 7.35. The maximum absolute atomic E-state index is 14.5. The number of anilines is 1. The molecule has 1 amide bonds. The van der Waals surface area contributed by atoms with Gasteiger partial charge in [0.05, 0.1) is 24.1 Å². The van der Waals surface area contributed by atoms with Gasteiger partial charge in [0.15, 0.2) is 23.0 Å². The van der Waals surface area contributed by atoms with Gasteiger partial charge in [0.1, 0.15) is 0 Å². The van der Waals surface area contributed by atoms with E-state index < -0.39 is 11.4 Å². The van der Waals surface area contributed by atoms with Gasteiger partial charge in [0, 0.05) is 43.0 Å². The smallest absolute Gasteiger partial charge is 0.227 e. The van der Waals surface area contributed by atoms with Crippen LogP contribution in [0.4, 0.5) is 10.3 Å². The zero-order valence-corrected chi connectivity index (χ0v) is 21.2. The highest BCUT2D eigenvalue weighted by Gasteiger charge is 2.38. The molecule has 0 aliphatic carbocycles. The molecule has 3 atom stereocenters. The van der Waals surface area contributed by atoms with Crippen molar-refractivity contribution in [2.75, 3.05) is 39.0 Å². The molecule has 2 fully saturated rings. The van der Waals surface area contributed by atoms with E-state index in [2.05, 4.69) is 21.9 Å². The van der Waals surface area contributed by atoms with Crippen LogP contribution in [0.5, 0.6) is 5.75 Å². The lowest BCUT2D eigenvalue weighted by atomic mass is 9.91. The van der Waals surface area contributed by atoms with Gasteiger partial charge in [-0.3, -0.25) is 9.69 Å². The van der Waals surface area contributed by atoms with E-state index in [9.17, 15) is 14.3 Å². The highest BCUT2D eigenvalue weighted by atomic mass is 19.1. The van der Waals surface area contributed by atoms with Gasteiger partial charge in [-0.15, -0.1) is 5.10 Å². The van der Waals surface area contributed by atoms with E-state index in [1.54, 1.807) is 13.8 Å². The van der Waals surface area contributed by atoms with Gasteiger partial charge in [-0.1, -0.05) is 0 Å². The monoisotopic (exact) mass is 499 g/mol. The number of nitrogen functional groups attached to an aromatic ring is 1. The minimum absolute atomic E-state index is 0.0588. The molecule has 2 aliphatic heterocycles. The Morgan fingerprint density at radius 1 is 1.25 bits per heavy atom. The number of piperidine rings is 1. The summed E-state index contributed by atoms with van der Waals surface area (Å²) in [6.07, 6.45) is 2.47. The van der Waals surface area contributed by atoms with Gasteiger partial charge >= 0.3 is 0 Å². The Hall–Kier alpha value is -3.05. The second-order valence-electron chi connectivity index (χ2n) is 10.8. The van der Waals surface area contributed by atoms with Crippen molar-refractivity contribution in [3.05, 3.63) is 23.8 Å². The first-order chi connectivity index (χ1) is 17.0. The molecule has 4 heterocycles. The fraction of sp³-hybridized carbons (Fsp3) is 0.600. The van der Waals surface area contributed by atoms with Crippen LogP contribution in [-0.2, 0) is 4.79 Å². The first-order valence-electron chi connectivity index (χ1n) is 12.5. The number of carbonyl (C=O) groups excluding carboxylic acids is 1. The average molecular weight is 500 g/mol. The summed E-state index contributed by atoms with van der Waals surface area (Å²) in [5, 5.41) is 15.3. The maximum Gasteiger partial charge on any atom is 0.227 e. The number of aromatic nitrogens is 4. The Bertz CT molecular complexity index is 1300. The molecule has 0 unspecified atom stereocenters. The number of rotatable bonds is 5. The summed E-state index contributed by atoms with van der Waals surface area (Å²) < 4.78 is 21.0. The van der Waals surface area contributed by atoms with Crippen LogP contribution in [0.15, 0.2) is 12.1 Å². The average Bonchev–Trinajstić information content (AvgIpc) is 3.46. The topological polar surface area (TPSA) is 122 Å². The van der Waals surface area contributed by atoms with Crippen molar-refractivity contribution in [2.45, 2.75) is 57.6 Å². The van der Waals surface area contributed by atoms with Gasteiger partial charge < -0.3 is 20.5 Å². The van der Waals surface area contributed by atoms with Crippen LogP contribution < -0.4 is 10.5 Å². The highest BCUT2D eigenvalue weighted by molar-refractivity contribution is 5.93. The number of ether oxygens (including phenoxy) is 1. The van der Waals surface area contributed by atoms with Crippen molar-refractivity contribution in [1.82, 2.24) is 29.4 Å². The Morgan fingerprint density at radius 3 is 2.75 bits per heavy atom. The predicted molar refractivity (Wildman–Crippen MR) is 133 cm³/mol. The van der Waals surface area contributed by atoms with Crippen LogP contribution in [0.1, 0.15) is 51.8 Å². The van der Waals surface area contributed by atoms with Crippen molar-refractivity contribution < 1.29 is 19.0 Å². The van der Waals surface area contributed by atoms with Crippen molar-refractivity contribution in [2.24, 2.45) is 5.92 Å².